The minimum Gasteiger partial charge on any atom is -0.369 e. The molecule has 0 radical (unpaired) electrons. The summed E-state index contributed by atoms with van der Waals surface area (Å²) >= 11 is 0. The summed E-state index contributed by atoms with van der Waals surface area (Å²) in [5, 5.41) is 0. The van der Waals surface area contributed by atoms with Gasteiger partial charge in [-0.15, -0.1) is 0 Å². The number of likely N-dealkylation sites (tertiary alicyclic amines) is 1. The van der Waals surface area contributed by atoms with E-state index in [1.807, 2.05) is 0 Å². The van der Waals surface area contributed by atoms with E-state index in [0.717, 1.165) is 12.3 Å². The molecule has 2 N–H and O–H groups in total. The summed E-state index contributed by atoms with van der Waals surface area (Å²) < 4.78 is 37.6. The van der Waals surface area contributed by atoms with Crippen molar-refractivity contribution < 1.29 is 18.0 Å². The van der Waals surface area contributed by atoms with Crippen LogP contribution in [0.2, 0.25) is 0 Å². The van der Waals surface area contributed by atoms with Crippen molar-refractivity contribution >= 4 is 11.9 Å². The lowest BCUT2D eigenvalue weighted by molar-refractivity contribution is -0.141. The van der Waals surface area contributed by atoms with Crippen LogP contribution >= 0.6 is 0 Å². The van der Waals surface area contributed by atoms with Crippen LogP contribution in [-0.2, 0) is 11.0 Å². The number of alkyl halides is 3. The number of carbonyl (C=O) groups is 1. The van der Waals surface area contributed by atoms with Gasteiger partial charge in [-0.2, -0.15) is 13.2 Å². The third-order valence-corrected chi connectivity index (χ3v) is 4.44. The summed E-state index contributed by atoms with van der Waals surface area (Å²) in [6.45, 7) is 3.49. The molecule has 0 bridgehead atoms. The average molecular weight is 359 g/mol. The molecule has 0 unspecified atom stereocenters. The first-order chi connectivity index (χ1) is 11.8. The van der Waals surface area contributed by atoms with Gasteiger partial charge in [0, 0.05) is 25.2 Å². The predicted molar refractivity (Wildman–Crippen MR) is 87.9 cm³/mol. The van der Waals surface area contributed by atoms with Crippen LogP contribution < -0.4 is 10.6 Å². The zero-order chi connectivity index (χ0) is 18.4. The predicted octanol–water partition coefficient (Wildman–Crippen LogP) is 1.91. The lowest BCUT2D eigenvalue weighted by atomic mass is 9.96. The van der Waals surface area contributed by atoms with E-state index in [1.165, 1.54) is 25.9 Å². The Kier molecular flexibility index (Phi) is 6.57. The maximum absolute atomic E-state index is 12.5. The van der Waals surface area contributed by atoms with Gasteiger partial charge in [0.05, 0.1) is 0 Å². The van der Waals surface area contributed by atoms with Crippen molar-refractivity contribution in [3.63, 3.8) is 0 Å². The standard InChI is InChI=1S/C11H13F3N4O.C5H11N/c12-11(13,14)8-1-4-16-10(17-8)18-5-2-7(3-6-18)9(15)19;1-6-4-2-3-5-6/h1,4,7H,2-3,5-6H2,(H2,15,19);2-5H2,1H3. The summed E-state index contributed by atoms with van der Waals surface area (Å²) in [7, 11) is 2.17. The Labute approximate surface area is 145 Å². The van der Waals surface area contributed by atoms with Gasteiger partial charge in [-0.1, -0.05) is 0 Å². The van der Waals surface area contributed by atoms with E-state index in [9.17, 15) is 18.0 Å². The molecule has 2 aliphatic heterocycles. The first kappa shape index (κ1) is 19.4. The van der Waals surface area contributed by atoms with Crippen molar-refractivity contribution in [2.45, 2.75) is 31.9 Å². The van der Waals surface area contributed by atoms with Crippen LogP contribution in [0.5, 0.6) is 0 Å². The van der Waals surface area contributed by atoms with E-state index in [2.05, 4.69) is 21.9 Å². The Balaban J connectivity index is 0.000000316. The minimum atomic E-state index is -4.48. The Hall–Kier alpha value is -1.90. The molecule has 0 aliphatic carbocycles. The maximum Gasteiger partial charge on any atom is 0.433 e. The molecular weight excluding hydrogens is 335 g/mol. The van der Waals surface area contributed by atoms with Gasteiger partial charge in [0.1, 0.15) is 5.69 Å². The van der Waals surface area contributed by atoms with Gasteiger partial charge >= 0.3 is 6.18 Å². The lowest BCUT2D eigenvalue weighted by Crippen LogP contribution is -2.39. The van der Waals surface area contributed by atoms with Crippen molar-refractivity contribution in [3.8, 4) is 0 Å². The number of piperidine rings is 1. The van der Waals surface area contributed by atoms with Gasteiger partial charge in [0.25, 0.3) is 0 Å². The molecule has 25 heavy (non-hydrogen) atoms. The first-order valence-corrected chi connectivity index (χ1v) is 8.40. The molecule has 0 spiro atoms. The van der Waals surface area contributed by atoms with E-state index in [1.54, 1.807) is 4.90 Å². The topological polar surface area (TPSA) is 75.3 Å². The number of halogens is 3. The molecule has 2 saturated heterocycles. The summed E-state index contributed by atoms with van der Waals surface area (Å²) in [4.78, 5) is 22.4. The van der Waals surface area contributed by atoms with Gasteiger partial charge in [0.15, 0.2) is 0 Å². The molecule has 9 heteroatoms. The Morgan fingerprint density at radius 2 is 1.80 bits per heavy atom. The Bertz CT molecular complexity index is 567. The van der Waals surface area contributed by atoms with Crippen molar-refractivity contribution in [2.24, 2.45) is 11.7 Å². The number of nitrogens with two attached hydrogens (primary N) is 1. The molecular formula is C16H24F3N5O. The first-order valence-electron chi connectivity index (χ1n) is 8.40. The SMILES string of the molecule is CN1CCCC1.NC(=O)C1CCN(c2nccc(C(F)(F)F)n2)CC1. The van der Waals surface area contributed by atoms with Gasteiger partial charge in [-0.25, -0.2) is 9.97 Å². The number of primary amides is 1. The zero-order valence-electron chi connectivity index (χ0n) is 14.3. The van der Waals surface area contributed by atoms with Gasteiger partial charge in [-0.05, 0) is 51.9 Å². The highest BCUT2D eigenvalue weighted by Crippen LogP contribution is 2.29. The van der Waals surface area contributed by atoms with Gasteiger partial charge in [0.2, 0.25) is 11.9 Å². The Morgan fingerprint density at radius 1 is 1.20 bits per heavy atom. The van der Waals surface area contributed by atoms with E-state index >= 15 is 0 Å². The number of anilines is 1. The monoisotopic (exact) mass is 359 g/mol. The maximum atomic E-state index is 12.5. The highest BCUT2D eigenvalue weighted by Gasteiger charge is 2.33. The van der Waals surface area contributed by atoms with E-state index in [4.69, 9.17) is 5.73 Å². The van der Waals surface area contributed by atoms with Gasteiger partial charge in [-0.3, -0.25) is 4.79 Å². The summed E-state index contributed by atoms with van der Waals surface area (Å²) in [6, 6.07) is 0.833. The van der Waals surface area contributed by atoms with Crippen molar-refractivity contribution in [2.75, 3.05) is 38.1 Å². The second kappa shape index (κ2) is 8.46. The van der Waals surface area contributed by atoms with Crippen LogP contribution in [0.15, 0.2) is 12.3 Å². The van der Waals surface area contributed by atoms with Crippen LogP contribution in [0.1, 0.15) is 31.4 Å². The molecule has 3 heterocycles. The number of amides is 1. The zero-order valence-corrected chi connectivity index (χ0v) is 14.3. The second-order valence-electron chi connectivity index (χ2n) is 6.41. The summed E-state index contributed by atoms with van der Waals surface area (Å²) in [5.74, 6) is -0.551. The van der Waals surface area contributed by atoms with Crippen molar-refractivity contribution in [1.82, 2.24) is 14.9 Å². The molecule has 3 rings (SSSR count). The van der Waals surface area contributed by atoms with Crippen LogP contribution in [0, 0.1) is 5.92 Å². The number of nitrogens with zero attached hydrogens (tertiary/aromatic N) is 4. The number of hydrogen-bond acceptors (Lipinski definition) is 5. The molecule has 2 fully saturated rings. The molecule has 0 saturated carbocycles. The third-order valence-electron chi connectivity index (χ3n) is 4.44. The lowest BCUT2D eigenvalue weighted by Gasteiger charge is -2.30. The molecule has 1 amide bonds. The Morgan fingerprint density at radius 3 is 2.24 bits per heavy atom. The highest BCUT2D eigenvalue weighted by molar-refractivity contribution is 5.76. The van der Waals surface area contributed by atoms with E-state index in [0.29, 0.717) is 25.9 Å². The quantitative estimate of drug-likeness (QED) is 0.873. The largest absolute Gasteiger partial charge is 0.433 e. The number of hydrogen-bond donors (Lipinski definition) is 1. The van der Waals surface area contributed by atoms with Crippen molar-refractivity contribution in [1.29, 1.82) is 0 Å². The number of aromatic nitrogens is 2. The van der Waals surface area contributed by atoms with Crippen LogP contribution in [0.3, 0.4) is 0 Å². The van der Waals surface area contributed by atoms with Gasteiger partial charge < -0.3 is 15.5 Å². The molecule has 0 aromatic carbocycles. The van der Waals surface area contributed by atoms with Crippen LogP contribution in [0.4, 0.5) is 19.1 Å². The highest BCUT2D eigenvalue weighted by atomic mass is 19.4. The van der Waals surface area contributed by atoms with Crippen LogP contribution in [-0.4, -0.2) is 54.0 Å². The summed E-state index contributed by atoms with van der Waals surface area (Å²) in [5.41, 5.74) is 4.23. The second-order valence-corrected chi connectivity index (χ2v) is 6.41. The molecule has 140 valence electrons. The van der Waals surface area contributed by atoms with E-state index < -0.39 is 11.9 Å². The summed E-state index contributed by atoms with van der Waals surface area (Å²) in [6.07, 6.45) is 0.450. The fraction of sp³-hybridized carbons (Fsp3) is 0.688. The number of rotatable bonds is 2. The van der Waals surface area contributed by atoms with Crippen LogP contribution in [0.25, 0.3) is 0 Å². The fourth-order valence-electron chi connectivity index (χ4n) is 2.90. The van der Waals surface area contributed by atoms with Crippen molar-refractivity contribution in [3.05, 3.63) is 18.0 Å². The molecule has 1 aromatic heterocycles. The van der Waals surface area contributed by atoms with E-state index in [-0.39, 0.29) is 17.8 Å². The smallest absolute Gasteiger partial charge is 0.369 e. The molecule has 1 aromatic rings. The normalized spacial score (nSPS) is 19.4. The number of carbonyl (C=O) groups excluding carboxylic acids is 1. The minimum absolute atomic E-state index is 0.0396. The average Bonchev–Trinajstić information content (AvgIpc) is 3.06. The third kappa shape index (κ3) is 5.84. The molecule has 2 aliphatic rings. The molecule has 0 atom stereocenters. The molecule has 6 nitrogen and oxygen atoms in total. The fourth-order valence-corrected chi connectivity index (χ4v) is 2.90.